The molecule has 0 fully saturated rings. The highest BCUT2D eigenvalue weighted by molar-refractivity contribution is 7.87. The number of unbranched alkanes of at least 4 members (excludes halogenated alkanes) is 1. The molecule has 0 aliphatic heterocycles. The first-order chi connectivity index (χ1) is 13.4. The zero-order chi connectivity index (χ0) is 20.4. The van der Waals surface area contributed by atoms with Gasteiger partial charge in [0, 0.05) is 20.6 Å². The molecular formula is C21H28N3O3S. The predicted molar refractivity (Wildman–Crippen MR) is 111 cm³/mol. The molecule has 0 saturated carbocycles. The van der Waals surface area contributed by atoms with Gasteiger partial charge in [0.05, 0.1) is 0 Å². The van der Waals surface area contributed by atoms with Crippen LogP contribution in [0.1, 0.15) is 24.0 Å². The van der Waals surface area contributed by atoms with E-state index in [1.807, 2.05) is 30.3 Å². The van der Waals surface area contributed by atoms with E-state index in [-0.39, 0.29) is 12.3 Å². The van der Waals surface area contributed by atoms with Crippen LogP contribution in [0.3, 0.4) is 0 Å². The molecular weight excluding hydrogens is 374 g/mol. The van der Waals surface area contributed by atoms with E-state index in [1.54, 1.807) is 12.1 Å². The average Bonchev–Trinajstić information content (AvgIpc) is 2.68. The van der Waals surface area contributed by atoms with Gasteiger partial charge in [-0.1, -0.05) is 54.6 Å². The lowest BCUT2D eigenvalue weighted by atomic mass is 10.1. The summed E-state index contributed by atoms with van der Waals surface area (Å²) in [5, 5.41) is 2.86. The summed E-state index contributed by atoms with van der Waals surface area (Å²) in [6.45, 7) is 0.508. The molecule has 0 spiro atoms. The Hall–Kier alpha value is -2.22. The SMILES string of the molecule is CN(C)S(=O)(=O)NC(Cc1cc[c]cc1)C(=O)NCCCCc1ccccc1. The Morgan fingerprint density at radius 1 is 1.04 bits per heavy atom. The summed E-state index contributed by atoms with van der Waals surface area (Å²) in [5.41, 5.74) is 2.13. The monoisotopic (exact) mass is 402 g/mol. The van der Waals surface area contributed by atoms with Gasteiger partial charge in [-0.2, -0.15) is 17.4 Å². The van der Waals surface area contributed by atoms with E-state index in [1.165, 1.54) is 19.7 Å². The van der Waals surface area contributed by atoms with Crippen molar-refractivity contribution >= 4 is 16.1 Å². The van der Waals surface area contributed by atoms with Crippen LogP contribution in [-0.4, -0.2) is 45.3 Å². The summed E-state index contributed by atoms with van der Waals surface area (Å²) in [4.78, 5) is 12.6. The Morgan fingerprint density at radius 2 is 1.71 bits per heavy atom. The van der Waals surface area contributed by atoms with E-state index in [0.29, 0.717) is 6.54 Å². The lowest BCUT2D eigenvalue weighted by Gasteiger charge is -2.21. The summed E-state index contributed by atoms with van der Waals surface area (Å²) in [6, 6.07) is 19.4. The van der Waals surface area contributed by atoms with Crippen LogP contribution in [0.5, 0.6) is 0 Å². The van der Waals surface area contributed by atoms with E-state index in [0.717, 1.165) is 29.1 Å². The molecule has 1 atom stereocenters. The minimum absolute atomic E-state index is 0.275. The molecule has 1 radical (unpaired) electrons. The van der Waals surface area contributed by atoms with Crippen LogP contribution >= 0.6 is 0 Å². The first-order valence-electron chi connectivity index (χ1n) is 9.35. The van der Waals surface area contributed by atoms with Crippen LogP contribution in [0.4, 0.5) is 0 Å². The zero-order valence-electron chi connectivity index (χ0n) is 16.4. The minimum Gasteiger partial charge on any atom is -0.355 e. The molecule has 1 amide bonds. The zero-order valence-corrected chi connectivity index (χ0v) is 17.2. The first-order valence-corrected chi connectivity index (χ1v) is 10.8. The predicted octanol–water partition coefficient (Wildman–Crippen LogP) is 1.93. The van der Waals surface area contributed by atoms with Crippen LogP contribution in [0.25, 0.3) is 0 Å². The molecule has 0 aliphatic rings. The first kappa shape index (κ1) is 22.1. The van der Waals surface area contributed by atoms with E-state index >= 15 is 0 Å². The van der Waals surface area contributed by atoms with Crippen LogP contribution in [0, 0.1) is 6.07 Å². The Morgan fingerprint density at radius 3 is 2.36 bits per heavy atom. The number of benzene rings is 2. The smallest absolute Gasteiger partial charge is 0.279 e. The molecule has 1 unspecified atom stereocenters. The molecule has 2 aromatic rings. The van der Waals surface area contributed by atoms with Gasteiger partial charge in [-0.3, -0.25) is 4.79 Å². The van der Waals surface area contributed by atoms with Gasteiger partial charge in [0.1, 0.15) is 6.04 Å². The standard InChI is InChI=1S/C21H28N3O3S/c1-24(2)28(26,27)23-20(17-19-14-7-4-8-15-19)21(25)22-16-10-9-13-18-11-5-3-6-12-18/h3,5-8,11-12,14-15,20,23H,9-10,13,16-17H2,1-2H3,(H,22,25). The minimum atomic E-state index is -3.72. The number of hydrogen-bond donors (Lipinski definition) is 2. The van der Waals surface area contributed by atoms with Gasteiger partial charge in [0.15, 0.2) is 0 Å². The third kappa shape index (κ3) is 7.42. The molecule has 0 aliphatic carbocycles. The maximum atomic E-state index is 12.6. The van der Waals surface area contributed by atoms with Crippen molar-refractivity contribution < 1.29 is 13.2 Å². The largest absolute Gasteiger partial charge is 0.355 e. The van der Waals surface area contributed by atoms with Crippen molar-refractivity contribution in [1.82, 2.24) is 14.3 Å². The molecule has 2 rings (SSSR count). The van der Waals surface area contributed by atoms with Gasteiger partial charge in [-0.15, -0.1) is 0 Å². The number of aryl methyl sites for hydroxylation is 1. The summed E-state index contributed by atoms with van der Waals surface area (Å²) >= 11 is 0. The molecule has 0 saturated heterocycles. The molecule has 0 bridgehead atoms. The number of rotatable bonds is 11. The third-order valence-electron chi connectivity index (χ3n) is 4.35. The number of carbonyl (C=O) groups excluding carboxylic acids is 1. The fourth-order valence-electron chi connectivity index (χ4n) is 2.70. The van der Waals surface area contributed by atoms with Crippen LogP contribution in [-0.2, 0) is 27.8 Å². The highest BCUT2D eigenvalue weighted by atomic mass is 32.2. The van der Waals surface area contributed by atoms with Crippen LogP contribution < -0.4 is 10.0 Å². The third-order valence-corrected chi connectivity index (χ3v) is 5.89. The fourth-order valence-corrected chi connectivity index (χ4v) is 3.46. The number of hydrogen-bond acceptors (Lipinski definition) is 3. The van der Waals surface area contributed by atoms with E-state index < -0.39 is 16.3 Å². The van der Waals surface area contributed by atoms with Crippen LogP contribution in [0.2, 0.25) is 0 Å². The molecule has 6 nitrogen and oxygen atoms in total. The Bertz CT molecular complexity index is 824. The summed E-state index contributed by atoms with van der Waals surface area (Å²) in [6.07, 6.45) is 3.01. The number of amides is 1. The number of nitrogens with zero attached hydrogens (tertiary/aromatic N) is 1. The summed E-state index contributed by atoms with van der Waals surface area (Å²) < 4.78 is 27.9. The highest BCUT2D eigenvalue weighted by Crippen LogP contribution is 2.06. The van der Waals surface area contributed by atoms with Crippen molar-refractivity contribution in [2.75, 3.05) is 20.6 Å². The van der Waals surface area contributed by atoms with E-state index in [2.05, 4.69) is 28.2 Å². The van der Waals surface area contributed by atoms with Crippen LogP contribution in [0.15, 0.2) is 54.6 Å². The second-order valence-corrected chi connectivity index (χ2v) is 8.72. The average molecular weight is 403 g/mol. The second kappa shape index (κ2) is 10.9. The van der Waals surface area contributed by atoms with E-state index in [9.17, 15) is 13.2 Å². The number of nitrogens with one attached hydrogen (secondary N) is 2. The topological polar surface area (TPSA) is 78.5 Å². The van der Waals surface area contributed by atoms with Gasteiger partial charge in [-0.25, -0.2) is 0 Å². The Labute approximate surface area is 168 Å². The lowest BCUT2D eigenvalue weighted by Crippen LogP contribution is -2.51. The van der Waals surface area contributed by atoms with Gasteiger partial charge in [-0.05, 0) is 42.9 Å². The molecule has 0 aromatic heterocycles. The number of carbonyl (C=O) groups is 1. The molecule has 7 heteroatoms. The second-order valence-electron chi connectivity index (χ2n) is 6.80. The molecule has 28 heavy (non-hydrogen) atoms. The van der Waals surface area contributed by atoms with Crippen molar-refractivity contribution in [1.29, 1.82) is 0 Å². The van der Waals surface area contributed by atoms with Crippen molar-refractivity contribution in [3.05, 3.63) is 71.8 Å². The maximum Gasteiger partial charge on any atom is 0.279 e. The Balaban J connectivity index is 1.88. The van der Waals surface area contributed by atoms with Gasteiger partial charge in [0.25, 0.3) is 10.2 Å². The Kier molecular flexibility index (Phi) is 8.63. The molecule has 0 heterocycles. The van der Waals surface area contributed by atoms with Gasteiger partial charge < -0.3 is 5.32 Å². The molecule has 2 N–H and O–H groups in total. The lowest BCUT2D eigenvalue weighted by molar-refractivity contribution is -0.122. The highest BCUT2D eigenvalue weighted by Gasteiger charge is 2.25. The van der Waals surface area contributed by atoms with Crippen molar-refractivity contribution in [2.24, 2.45) is 0 Å². The molecule has 151 valence electrons. The maximum absolute atomic E-state index is 12.6. The van der Waals surface area contributed by atoms with Crippen molar-refractivity contribution in [3.8, 4) is 0 Å². The normalized spacial score (nSPS) is 12.7. The summed E-state index contributed by atoms with van der Waals surface area (Å²) in [5.74, 6) is -0.321. The van der Waals surface area contributed by atoms with Crippen molar-refractivity contribution in [3.63, 3.8) is 0 Å². The summed E-state index contributed by atoms with van der Waals surface area (Å²) in [7, 11) is -0.861. The van der Waals surface area contributed by atoms with Gasteiger partial charge >= 0.3 is 0 Å². The fraction of sp³-hybridized carbons (Fsp3) is 0.381. The van der Waals surface area contributed by atoms with Gasteiger partial charge in [0.2, 0.25) is 5.91 Å². The van der Waals surface area contributed by atoms with Crippen molar-refractivity contribution in [2.45, 2.75) is 31.7 Å². The van der Waals surface area contributed by atoms with E-state index in [4.69, 9.17) is 0 Å². The quantitative estimate of drug-likeness (QED) is 0.564. The molecule has 2 aromatic carbocycles.